The average molecular weight is 289 g/mol. The van der Waals surface area contributed by atoms with Gasteiger partial charge in [-0.3, -0.25) is 4.79 Å². The van der Waals surface area contributed by atoms with Gasteiger partial charge in [0.05, 0.1) is 0 Å². The highest BCUT2D eigenvalue weighted by Gasteiger charge is 2.01. The van der Waals surface area contributed by atoms with Gasteiger partial charge in [-0.25, -0.2) is 4.57 Å². The standard InChI is InChI=1S/C8H9NO2.C5H12.3CH4.H2O/c10-8(11)4-7-9-5-2-1-3-6-9;1-4-5(2)3;;;;/h1-3,5-6H,4,7H2;5H,4H2,1-3H3;3*1H4;1H2. The minimum Gasteiger partial charge on any atom is -0.870 e. The zero-order chi connectivity index (χ0) is 12.4. The molecule has 0 saturated carbocycles. The molecule has 0 atom stereocenters. The molecule has 0 aromatic carbocycles. The van der Waals surface area contributed by atoms with Crippen LogP contribution in [0.4, 0.5) is 0 Å². The number of aryl methyl sites for hydroxylation is 1. The van der Waals surface area contributed by atoms with E-state index >= 15 is 0 Å². The molecule has 2 N–H and O–H groups in total. The minimum atomic E-state index is -0.763. The fourth-order valence-corrected chi connectivity index (χ4v) is 0.808. The number of pyridine rings is 1. The first kappa shape index (κ1) is 31.1. The highest BCUT2D eigenvalue weighted by molar-refractivity contribution is 5.66. The lowest BCUT2D eigenvalue weighted by Gasteiger charge is -1.90. The molecule has 1 heterocycles. The third-order valence-corrected chi connectivity index (χ3v) is 2.18. The first-order chi connectivity index (χ1) is 7.56. The predicted molar refractivity (Wildman–Crippen MR) is 86.1 cm³/mol. The summed E-state index contributed by atoms with van der Waals surface area (Å²) < 4.78 is 1.84. The number of rotatable bonds is 4. The zero-order valence-electron chi connectivity index (χ0n) is 10.8. The molecule has 0 radical (unpaired) electrons. The molecule has 0 fully saturated rings. The van der Waals surface area contributed by atoms with Crippen molar-refractivity contribution in [2.24, 2.45) is 5.92 Å². The van der Waals surface area contributed by atoms with Crippen LogP contribution in [0.5, 0.6) is 0 Å². The largest absolute Gasteiger partial charge is 0.870 e. The maximum Gasteiger partial charge on any atom is 0.309 e. The van der Waals surface area contributed by atoms with E-state index in [1.54, 1.807) is 0 Å². The Labute approximate surface area is 125 Å². The fraction of sp³-hybridized carbons (Fsp3) is 0.625. The zero-order valence-corrected chi connectivity index (χ0v) is 10.8. The summed E-state index contributed by atoms with van der Waals surface area (Å²) in [7, 11) is 0. The highest BCUT2D eigenvalue weighted by Crippen LogP contribution is 1.93. The molecule has 0 aliphatic carbocycles. The van der Waals surface area contributed by atoms with Gasteiger partial charge in [-0.2, -0.15) is 0 Å². The molecule has 0 aliphatic rings. The van der Waals surface area contributed by atoms with Gasteiger partial charge in [0.2, 0.25) is 0 Å². The van der Waals surface area contributed by atoms with Crippen LogP contribution in [0.25, 0.3) is 0 Å². The van der Waals surface area contributed by atoms with Crippen LogP contribution in [0.1, 0.15) is 55.9 Å². The number of hydrogen-bond donors (Lipinski definition) is 1. The Morgan fingerprint density at radius 1 is 1.10 bits per heavy atom. The van der Waals surface area contributed by atoms with Crippen LogP contribution in [-0.4, -0.2) is 16.6 Å². The van der Waals surface area contributed by atoms with Gasteiger partial charge >= 0.3 is 5.97 Å². The Bertz CT molecular complexity index is 287. The Balaban J connectivity index is -0.0000000744. The topological polar surface area (TPSA) is 71.2 Å². The summed E-state index contributed by atoms with van der Waals surface area (Å²) in [5.41, 5.74) is 0. The van der Waals surface area contributed by atoms with Crippen LogP contribution >= 0.6 is 0 Å². The Morgan fingerprint density at radius 2 is 1.50 bits per heavy atom. The van der Waals surface area contributed by atoms with E-state index < -0.39 is 5.97 Å². The molecule has 1 rings (SSSR count). The molecule has 1 aromatic rings. The third kappa shape index (κ3) is 21.8. The second-order valence-electron chi connectivity index (χ2n) is 4.06. The summed E-state index contributed by atoms with van der Waals surface area (Å²) in [4.78, 5) is 10.2. The van der Waals surface area contributed by atoms with E-state index in [-0.39, 0.29) is 34.2 Å². The molecule has 122 valence electrons. The molecular formula is C16H35NO3. The molecule has 4 nitrogen and oxygen atoms in total. The quantitative estimate of drug-likeness (QED) is 0.843. The molecular weight excluding hydrogens is 254 g/mol. The SMILES string of the molecule is C.C.C.CCC(C)C.O=C(O)CC[n+]1ccccc1.[OH-]. The van der Waals surface area contributed by atoms with Crippen molar-refractivity contribution >= 4 is 5.97 Å². The molecule has 4 heteroatoms. The van der Waals surface area contributed by atoms with E-state index in [0.717, 1.165) is 5.92 Å². The maximum atomic E-state index is 10.2. The highest BCUT2D eigenvalue weighted by atomic mass is 16.4. The van der Waals surface area contributed by atoms with Gasteiger partial charge in [-0.15, -0.1) is 0 Å². The summed E-state index contributed by atoms with van der Waals surface area (Å²) in [5, 5.41) is 8.36. The van der Waals surface area contributed by atoms with E-state index in [1.165, 1.54) is 6.42 Å². The number of carboxylic acids is 1. The minimum absolute atomic E-state index is 0. The van der Waals surface area contributed by atoms with Crippen LogP contribution in [0, 0.1) is 5.92 Å². The molecule has 0 saturated heterocycles. The molecule has 0 aliphatic heterocycles. The van der Waals surface area contributed by atoms with Crippen molar-refractivity contribution in [2.75, 3.05) is 0 Å². The first-order valence-electron chi connectivity index (χ1n) is 5.72. The lowest BCUT2D eigenvalue weighted by molar-refractivity contribution is -0.696. The van der Waals surface area contributed by atoms with Gasteiger partial charge in [0.1, 0.15) is 6.42 Å². The van der Waals surface area contributed by atoms with E-state index in [2.05, 4.69) is 20.8 Å². The smallest absolute Gasteiger partial charge is 0.309 e. The van der Waals surface area contributed by atoms with E-state index in [4.69, 9.17) is 5.11 Å². The number of carboxylic acid groups (broad SMARTS) is 1. The summed E-state index contributed by atoms with van der Waals surface area (Å²) in [6.07, 6.45) is 5.18. The van der Waals surface area contributed by atoms with Crippen LogP contribution in [0.3, 0.4) is 0 Å². The third-order valence-electron chi connectivity index (χ3n) is 2.18. The van der Waals surface area contributed by atoms with Crippen LogP contribution < -0.4 is 4.57 Å². The van der Waals surface area contributed by atoms with Crippen LogP contribution in [0.2, 0.25) is 0 Å². The lowest BCUT2D eigenvalue weighted by atomic mass is 10.2. The van der Waals surface area contributed by atoms with Crippen molar-refractivity contribution in [2.45, 2.75) is 62.4 Å². The summed E-state index contributed by atoms with van der Waals surface area (Å²) >= 11 is 0. The Morgan fingerprint density at radius 3 is 1.80 bits per heavy atom. The fourth-order valence-electron chi connectivity index (χ4n) is 0.808. The lowest BCUT2D eigenvalue weighted by Crippen LogP contribution is -2.33. The monoisotopic (exact) mass is 289 g/mol. The number of hydrogen-bond acceptors (Lipinski definition) is 2. The van der Waals surface area contributed by atoms with Crippen molar-refractivity contribution in [3.05, 3.63) is 30.6 Å². The van der Waals surface area contributed by atoms with Gasteiger partial charge in [-0.05, 0) is 5.92 Å². The van der Waals surface area contributed by atoms with Gasteiger partial charge in [0.25, 0.3) is 0 Å². The van der Waals surface area contributed by atoms with Crippen molar-refractivity contribution in [1.29, 1.82) is 0 Å². The van der Waals surface area contributed by atoms with Gasteiger partial charge < -0.3 is 10.6 Å². The first-order valence-corrected chi connectivity index (χ1v) is 5.72. The van der Waals surface area contributed by atoms with Gasteiger partial charge in [-0.1, -0.05) is 55.5 Å². The van der Waals surface area contributed by atoms with Gasteiger partial charge in [0, 0.05) is 12.1 Å². The Kier molecular flexibility index (Phi) is 31.0. The van der Waals surface area contributed by atoms with Crippen molar-refractivity contribution in [3.63, 3.8) is 0 Å². The number of aromatic nitrogens is 1. The van der Waals surface area contributed by atoms with Crippen molar-refractivity contribution in [3.8, 4) is 0 Å². The Hall–Kier alpha value is -1.42. The van der Waals surface area contributed by atoms with Crippen LogP contribution in [0.15, 0.2) is 30.6 Å². The van der Waals surface area contributed by atoms with E-state index in [9.17, 15) is 4.79 Å². The van der Waals surface area contributed by atoms with Gasteiger partial charge in [0.15, 0.2) is 18.9 Å². The number of nitrogens with zero attached hydrogens (tertiary/aromatic N) is 1. The maximum absolute atomic E-state index is 10.2. The molecule has 0 bridgehead atoms. The molecule has 20 heavy (non-hydrogen) atoms. The second kappa shape index (κ2) is 19.9. The molecule has 0 unspecified atom stereocenters. The van der Waals surface area contributed by atoms with Crippen LogP contribution in [-0.2, 0) is 11.3 Å². The molecule has 0 spiro atoms. The van der Waals surface area contributed by atoms with Crippen molar-refractivity contribution < 1.29 is 19.9 Å². The number of aliphatic carboxylic acids is 1. The summed E-state index contributed by atoms with van der Waals surface area (Å²) in [5.74, 6) is 0.122. The summed E-state index contributed by atoms with van der Waals surface area (Å²) in [6.45, 7) is 7.18. The van der Waals surface area contributed by atoms with E-state index in [0.29, 0.717) is 6.54 Å². The normalized spacial score (nSPS) is 7.60. The molecule has 0 amide bonds. The summed E-state index contributed by atoms with van der Waals surface area (Å²) in [6, 6.07) is 5.65. The number of carbonyl (C=O) groups is 1. The predicted octanol–water partition coefficient (Wildman–Crippen LogP) is 4.23. The van der Waals surface area contributed by atoms with Crippen molar-refractivity contribution in [1.82, 2.24) is 0 Å². The molecule has 1 aromatic heterocycles. The van der Waals surface area contributed by atoms with E-state index in [1.807, 2.05) is 35.2 Å². The average Bonchev–Trinajstić information content (AvgIpc) is 2.28. The second-order valence-corrected chi connectivity index (χ2v) is 4.06.